The van der Waals surface area contributed by atoms with Gasteiger partial charge in [-0.1, -0.05) is 12.0 Å². The molecule has 1 N–H and O–H groups in total. The largest absolute Gasteiger partial charge is 0.433 e. The lowest BCUT2D eigenvalue weighted by atomic mass is 9.99. The van der Waals surface area contributed by atoms with E-state index in [1.54, 1.807) is 18.3 Å². The number of nitrogens with zero attached hydrogens (tertiary/aromatic N) is 3. The van der Waals surface area contributed by atoms with Gasteiger partial charge in [0, 0.05) is 61.4 Å². The fourth-order valence-corrected chi connectivity index (χ4v) is 4.70. The summed E-state index contributed by atoms with van der Waals surface area (Å²) in [6, 6.07) is 9.41. The van der Waals surface area contributed by atoms with Gasteiger partial charge < -0.3 is 19.7 Å². The first kappa shape index (κ1) is 27.6. The molecule has 0 radical (unpaired) electrons. The van der Waals surface area contributed by atoms with E-state index in [2.05, 4.69) is 33.1 Å². The van der Waals surface area contributed by atoms with Crippen LogP contribution in [0, 0.1) is 24.7 Å². The summed E-state index contributed by atoms with van der Waals surface area (Å²) in [6.45, 7) is 6.06. The topological polar surface area (TPSA) is 76.6 Å². The van der Waals surface area contributed by atoms with E-state index >= 15 is 0 Å². The van der Waals surface area contributed by atoms with Crippen molar-refractivity contribution in [2.24, 2.45) is 5.92 Å². The third kappa shape index (κ3) is 6.61. The lowest BCUT2D eigenvalue weighted by molar-refractivity contribution is -0.141. The van der Waals surface area contributed by atoms with Gasteiger partial charge in [0.2, 0.25) is 0 Å². The number of anilines is 2. The molecule has 2 aromatic heterocycles. The first-order valence-corrected chi connectivity index (χ1v) is 13.2. The minimum Gasteiger partial charge on any atom is -0.381 e. The van der Waals surface area contributed by atoms with Gasteiger partial charge in [-0.05, 0) is 67.1 Å². The van der Waals surface area contributed by atoms with Crippen molar-refractivity contribution in [2.45, 2.75) is 25.9 Å². The second kappa shape index (κ2) is 12.1. The monoisotopic (exact) mass is 550 g/mol. The van der Waals surface area contributed by atoms with Gasteiger partial charge in [0.1, 0.15) is 11.4 Å². The zero-order valence-corrected chi connectivity index (χ0v) is 22.1. The molecule has 5 rings (SSSR count). The fourth-order valence-electron chi connectivity index (χ4n) is 4.70. The van der Waals surface area contributed by atoms with Gasteiger partial charge in [-0.15, -0.1) is 0 Å². The SMILES string of the molecule is Cc1ccc(NC(=O)c2ccnc(C(F)(F)F)c2)cc1-c1cnc(C#CC2CCOCC2)c(N2CCOCC2)c1. The molecule has 0 atom stereocenters. The molecule has 1 amide bonds. The highest BCUT2D eigenvalue weighted by atomic mass is 19.4. The van der Waals surface area contributed by atoms with Crippen LogP contribution in [-0.2, 0) is 15.7 Å². The minimum atomic E-state index is -4.64. The van der Waals surface area contributed by atoms with Crippen molar-refractivity contribution in [1.29, 1.82) is 0 Å². The van der Waals surface area contributed by atoms with Gasteiger partial charge in [-0.2, -0.15) is 13.2 Å². The molecule has 7 nitrogen and oxygen atoms in total. The molecule has 2 aliphatic rings. The van der Waals surface area contributed by atoms with Crippen molar-refractivity contribution in [3.05, 3.63) is 71.3 Å². The molecule has 3 aromatic rings. The highest BCUT2D eigenvalue weighted by Gasteiger charge is 2.33. The summed E-state index contributed by atoms with van der Waals surface area (Å²) in [4.78, 5) is 23.1. The third-order valence-corrected chi connectivity index (χ3v) is 6.95. The Hall–Kier alpha value is -3.94. The number of pyridine rings is 2. The Kier molecular flexibility index (Phi) is 8.33. The maximum Gasteiger partial charge on any atom is 0.433 e. The van der Waals surface area contributed by atoms with Gasteiger partial charge in [0.15, 0.2) is 0 Å². The molecule has 1 aromatic carbocycles. The molecule has 0 aliphatic carbocycles. The van der Waals surface area contributed by atoms with Crippen LogP contribution in [0.25, 0.3) is 11.1 Å². The highest BCUT2D eigenvalue weighted by Crippen LogP contribution is 2.32. The molecule has 208 valence electrons. The normalized spacial score (nSPS) is 16.2. The maximum absolute atomic E-state index is 13.1. The number of carbonyl (C=O) groups excluding carboxylic acids is 1. The quantitative estimate of drug-likeness (QED) is 0.442. The predicted octanol–water partition coefficient (Wildman–Crippen LogP) is 5.34. The molecule has 2 fully saturated rings. The summed E-state index contributed by atoms with van der Waals surface area (Å²) < 4.78 is 50.2. The molecule has 0 unspecified atom stereocenters. The predicted molar refractivity (Wildman–Crippen MR) is 145 cm³/mol. The first-order chi connectivity index (χ1) is 19.3. The van der Waals surface area contributed by atoms with Gasteiger partial charge in [-0.25, -0.2) is 4.98 Å². The summed E-state index contributed by atoms with van der Waals surface area (Å²) in [5, 5.41) is 2.71. The zero-order chi connectivity index (χ0) is 28.1. The Bertz CT molecular complexity index is 1440. The van der Waals surface area contributed by atoms with E-state index in [1.165, 1.54) is 6.07 Å². The summed E-state index contributed by atoms with van der Waals surface area (Å²) >= 11 is 0. The van der Waals surface area contributed by atoms with Gasteiger partial charge in [0.25, 0.3) is 5.91 Å². The molecule has 0 spiro atoms. The number of ether oxygens (including phenoxy) is 2. The molecule has 10 heteroatoms. The average molecular weight is 551 g/mol. The molecule has 0 bridgehead atoms. The van der Waals surface area contributed by atoms with E-state index < -0.39 is 17.8 Å². The molecular formula is C30H29F3N4O3. The number of nitrogens with one attached hydrogen (secondary N) is 1. The van der Waals surface area contributed by atoms with Crippen LogP contribution in [0.3, 0.4) is 0 Å². The third-order valence-electron chi connectivity index (χ3n) is 6.95. The van der Waals surface area contributed by atoms with Crippen molar-refractivity contribution in [2.75, 3.05) is 49.7 Å². The second-order valence-corrected chi connectivity index (χ2v) is 9.76. The number of aryl methyl sites for hydroxylation is 1. The highest BCUT2D eigenvalue weighted by molar-refractivity contribution is 6.04. The van der Waals surface area contributed by atoms with E-state index in [0.717, 1.165) is 73.8 Å². The van der Waals surface area contributed by atoms with E-state index in [0.29, 0.717) is 24.6 Å². The minimum absolute atomic E-state index is 0.131. The lowest BCUT2D eigenvalue weighted by Gasteiger charge is -2.29. The summed E-state index contributed by atoms with van der Waals surface area (Å²) in [5.41, 5.74) is 3.47. The average Bonchev–Trinajstić information content (AvgIpc) is 2.97. The van der Waals surface area contributed by atoms with Gasteiger partial charge >= 0.3 is 6.18 Å². The zero-order valence-electron chi connectivity index (χ0n) is 22.1. The number of halogens is 3. The second-order valence-electron chi connectivity index (χ2n) is 9.76. The number of rotatable bonds is 4. The Balaban J connectivity index is 1.43. The van der Waals surface area contributed by atoms with Crippen LogP contribution in [0.1, 0.15) is 40.2 Å². The number of alkyl halides is 3. The van der Waals surface area contributed by atoms with Crippen molar-refractivity contribution >= 4 is 17.3 Å². The number of amides is 1. The Morgan fingerprint density at radius 3 is 2.52 bits per heavy atom. The number of hydrogen-bond donors (Lipinski definition) is 1. The van der Waals surface area contributed by atoms with Crippen LogP contribution in [0.2, 0.25) is 0 Å². The number of aromatic nitrogens is 2. The van der Waals surface area contributed by atoms with Crippen LogP contribution in [0.5, 0.6) is 0 Å². The maximum atomic E-state index is 13.1. The Morgan fingerprint density at radius 1 is 1.02 bits per heavy atom. The molecule has 2 aliphatic heterocycles. The number of benzene rings is 1. The van der Waals surface area contributed by atoms with Gasteiger partial charge in [0.05, 0.1) is 18.9 Å². The van der Waals surface area contributed by atoms with Crippen molar-refractivity contribution in [1.82, 2.24) is 9.97 Å². The van der Waals surface area contributed by atoms with Crippen molar-refractivity contribution in [3.63, 3.8) is 0 Å². The molecule has 0 saturated carbocycles. The van der Waals surface area contributed by atoms with Crippen LogP contribution in [0.4, 0.5) is 24.5 Å². The fraction of sp³-hybridized carbons (Fsp3) is 0.367. The Morgan fingerprint density at radius 2 is 1.77 bits per heavy atom. The van der Waals surface area contributed by atoms with Crippen molar-refractivity contribution < 1.29 is 27.4 Å². The number of hydrogen-bond acceptors (Lipinski definition) is 6. The Labute approximate surface area is 230 Å². The van der Waals surface area contributed by atoms with Crippen molar-refractivity contribution in [3.8, 4) is 23.0 Å². The van der Waals surface area contributed by atoms with Crippen LogP contribution in [-0.4, -0.2) is 55.4 Å². The smallest absolute Gasteiger partial charge is 0.381 e. The molecule has 4 heterocycles. The van der Waals surface area contributed by atoms with E-state index in [9.17, 15) is 18.0 Å². The molecular weight excluding hydrogens is 521 g/mol. The lowest BCUT2D eigenvalue weighted by Crippen LogP contribution is -2.36. The van der Waals surface area contributed by atoms with E-state index in [-0.39, 0.29) is 11.5 Å². The van der Waals surface area contributed by atoms with Crippen LogP contribution < -0.4 is 10.2 Å². The van der Waals surface area contributed by atoms with Crippen LogP contribution >= 0.6 is 0 Å². The van der Waals surface area contributed by atoms with E-state index in [4.69, 9.17) is 14.5 Å². The number of morpholine rings is 1. The molecule has 40 heavy (non-hydrogen) atoms. The van der Waals surface area contributed by atoms with Gasteiger partial charge in [-0.3, -0.25) is 9.78 Å². The number of carbonyl (C=O) groups is 1. The molecule has 2 saturated heterocycles. The van der Waals surface area contributed by atoms with E-state index in [1.807, 2.05) is 13.0 Å². The first-order valence-electron chi connectivity index (χ1n) is 13.2. The standard InChI is InChI=1S/C30H29F3N4O3/c1-20-2-4-24(36-29(38)22-6-9-34-28(17-22)30(31,32)33)18-25(20)23-16-27(37-10-14-40-15-11-37)26(35-19-23)5-3-21-7-12-39-13-8-21/h2,4,6,9,16-19,21H,7-8,10-15H2,1H3,(H,36,38). The summed E-state index contributed by atoms with van der Waals surface area (Å²) in [7, 11) is 0. The summed E-state index contributed by atoms with van der Waals surface area (Å²) in [6.07, 6.45) is -0.0762. The summed E-state index contributed by atoms with van der Waals surface area (Å²) in [5.74, 6) is 6.30. The van der Waals surface area contributed by atoms with Crippen LogP contribution in [0.15, 0.2) is 48.8 Å².